The van der Waals surface area contributed by atoms with Crippen LogP contribution in [-0.2, 0) is 18.2 Å². The van der Waals surface area contributed by atoms with Gasteiger partial charge in [-0.05, 0) is 26.3 Å². The molecule has 1 heterocycles. The molecule has 6 nitrogen and oxygen atoms in total. The standard InChI is InChI=1S/C21H22N2O4/c1-4-27-21(26)16-12-17-19(22-13(2)23(17)3)20(25)15(16)10-11-18(24)14-8-6-5-7-9-14/h5-9,12,25H,4,10-11H2,1-3H3. The number of ether oxygens (including phenoxy) is 1. The lowest BCUT2D eigenvalue weighted by molar-refractivity contribution is 0.0524. The van der Waals surface area contributed by atoms with Crippen molar-refractivity contribution in [3.05, 3.63) is 58.9 Å². The number of aromatic nitrogens is 2. The number of Topliss-reactive ketones (excluding diaryl/α,β-unsaturated/α-hetero) is 1. The first-order valence-corrected chi connectivity index (χ1v) is 8.87. The molecular weight excluding hydrogens is 344 g/mol. The highest BCUT2D eigenvalue weighted by molar-refractivity contribution is 6.00. The number of nitrogens with zero attached hydrogens (tertiary/aromatic N) is 2. The van der Waals surface area contributed by atoms with E-state index in [2.05, 4.69) is 4.98 Å². The first-order chi connectivity index (χ1) is 12.9. The van der Waals surface area contributed by atoms with E-state index in [1.165, 1.54) is 0 Å². The summed E-state index contributed by atoms with van der Waals surface area (Å²) >= 11 is 0. The van der Waals surface area contributed by atoms with Gasteiger partial charge in [0.25, 0.3) is 0 Å². The topological polar surface area (TPSA) is 81.4 Å². The molecule has 0 radical (unpaired) electrons. The smallest absolute Gasteiger partial charge is 0.338 e. The fraction of sp³-hybridized carbons (Fsp3) is 0.286. The van der Waals surface area contributed by atoms with Gasteiger partial charge in [0.15, 0.2) is 5.78 Å². The van der Waals surface area contributed by atoms with Crippen molar-refractivity contribution < 1.29 is 19.4 Å². The van der Waals surface area contributed by atoms with Gasteiger partial charge in [0.2, 0.25) is 0 Å². The average Bonchev–Trinajstić information content (AvgIpc) is 2.96. The molecular formula is C21H22N2O4. The number of aromatic hydroxyl groups is 1. The molecule has 0 atom stereocenters. The van der Waals surface area contributed by atoms with Gasteiger partial charge in [0.05, 0.1) is 17.7 Å². The Bertz CT molecular complexity index is 1010. The van der Waals surface area contributed by atoms with E-state index in [-0.39, 0.29) is 36.5 Å². The quantitative estimate of drug-likeness (QED) is 0.533. The van der Waals surface area contributed by atoms with Gasteiger partial charge in [-0.2, -0.15) is 0 Å². The maximum absolute atomic E-state index is 12.4. The summed E-state index contributed by atoms with van der Waals surface area (Å²) in [5.74, 6) is 0.0746. The number of phenols is 1. The number of fused-ring (bicyclic) bond motifs is 1. The number of benzene rings is 2. The molecule has 0 unspecified atom stereocenters. The highest BCUT2D eigenvalue weighted by atomic mass is 16.5. The molecule has 0 saturated heterocycles. The lowest BCUT2D eigenvalue weighted by Crippen LogP contribution is -2.10. The predicted octanol–water partition coefficient (Wildman–Crippen LogP) is 3.58. The third kappa shape index (κ3) is 3.56. The van der Waals surface area contributed by atoms with E-state index in [4.69, 9.17) is 4.74 Å². The zero-order chi connectivity index (χ0) is 19.6. The first kappa shape index (κ1) is 18.6. The van der Waals surface area contributed by atoms with E-state index < -0.39 is 5.97 Å². The van der Waals surface area contributed by atoms with Crippen LogP contribution >= 0.6 is 0 Å². The summed E-state index contributed by atoms with van der Waals surface area (Å²) in [7, 11) is 1.82. The Morgan fingerprint density at radius 1 is 1.22 bits per heavy atom. The van der Waals surface area contributed by atoms with E-state index in [9.17, 15) is 14.7 Å². The molecule has 27 heavy (non-hydrogen) atoms. The summed E-state index contributed by atoms with van der Waals surface area (Å²) < 4.78 is 6.95. The van der Waals surface area contributed by atoms with Gasteiger partial charge in [-0.25, -0.2) is 9.78 Å². The number of rotatable bonds is 6. The zero-order valence-corrected chi connectivity index (χ0v) is 15.7. The van der Waals surface area contributed by atoms with Gasteiger partial charge in [-0.15, -0.1) is 0 Å². The second-order valence-electron chi connectivity index (χ2n) is 6.35. The summed E-state index contributed by atoms with van der Waals surface area (Å²) in [4.78, 5) is 29.3. The minimum absolute atomic E-state index is 0.0536. The SMILES string of the molecule is CCOC(=O)c1cc2c(nc(C)n2C)c(O)c1CCC(=O)c1ccccc1. The maximum atomic E-state index is 12.4. The third-order valence-electron chi connectivity index (χ3n) is 4.67. The first-order valence-electron chi connectivity index (χ1n) is 8.87. The molecule has 0 amide bonds. The van der Waals surface area contributed by atoms with Crippen LogP contribution in [0, 0.1) is 6.92 Å². The van der Waals surface area contributed by atoms with E-state index >= 15 is 0 Å². The molecule has 0 aliphatic heterocycles. The van der Waals surface area contributed by atoms with Crippen molar-refractivity contribution in [2.24, 2.45) is 7.05 Å². The number of aryl methyl sites for hydroxylation is 2. The zero-order valence-electron chi connectivity index (χ0n) is 15.7. The van der Waals surface area contributed by atoms with Crippen molar-refractivity contribution in [1.82, 2.24) is 9.55 Å². The molecule has 3 aromatic rings. The Kier molecular flexibility index (Phi) is 5.26. The largest absolute Gasteiger partial charge is 0.505 e. The number of carbonyl (C=O) groups is 2. The second-order valence-corrected chi connectivity index (χ2v) is 6.35. The molecule has 6 heteroatoms. The average molecular weight is 366 g/mol. The van der Waals surface area contributed by atoms with E-state index in [1.54, 1.807) is 41.8 Å². The second kappa shape index (κ2) is 7.61. The number of hydrogen-bond donors (Lipinski definition) is 1. The number of esters is 1. The number of carbonyl (C=O) groups excluding carboxylic acids is 2. The van der Waals surface area contributed by atoms with Crippen molar-refractivity contribution in [3.8, 4) is 5.75 Å². The molecule has 0 spiro atoms. The molecule has 0 fully saturated rings. The lowest BCUT2D eigenvalue weighted by Gasteiger charge is -2.12. The molecule has 0 aliphatic carbocycles. The van der Waals surface area contributed by atoms with Crippen LogP contribution in [-0.4, -0.2) is 33.0 Å². The Morgan fingerprint density at radius 3 is 2.59 bits per heavy atom. The fourth-order valence-electron chi connectivity index (χ4n) is 3.11. The lowest BCUT2D eigenvalue weighted by atomic mass is 9.97. The normalized spacial score (nSPS) is 10.9. The van der Waals surface area contributed by atoms with Crippen LogP contribution in [0.3, 0.4) is 0 Å². The van der Waals surface area contributed by atoms with E-state index in [0.717, 1.165) is 0 Å². The van der Waals surface area contributed by atoms with Gasteiger partial charge < -0.3 is 14.4 Å². The van der Waals surface area contributed by atoms with Crippen LogP contribution in [0.4, 0.5) is 0 Å². The monoisotopic (exact) mass is 366 g/mol. The van der Waals surface area contributed by atoms with Crippen molar-refractivity contribution >= 4 is 22.8 Å². The van der Waals surface area contributed by atoms with Crippen LogP contribution < -0.4 is 0 Å². The molecule has 1 N–H and O–H groups in total. The van der Waals surface area contributed by atoms with Crippen LogP contribution in [0.25, 0.3) is 11.0 Å². The van der Waals surface area contributed by atoms with E-state index in [0.29, 0.717) is 28.0 Å². The van der Waals surface area contributed by atoms with Crippen molar-refractivity contribution in [2.75, 3.05) is 6.61 Å². The Balaban J connectivity index is 2.01. The van der Waals surface area contributed by atoms with Crippen LogP contribution in [0.5, 0.6) is 5.75 Å². The molecule has 0 saturated carbocycles. The van der Waals surface area contributed by atoms with Crippen LogP contribution in [0.1, 0.15) is 45.4 Å². The summed E-state index contributed by atoms with van der Waals surface area (Å²) in [5, 5.41) is 10.8. The van der Waals surface area contributed by atoms with Gasteiger partial charge in [-0.3, -0.25) is 4.79 Å². The van der Waals surface area contributed by atoms with Gasteiger partial charge in [0, 0.05) is 24.6 Å². The summed E-state index contributed by atoms with van der Waals surface area (Å²) in [6.07, 6.45) is 0.389. The molecule has 140 valence electrons. The van der Waals surface area contributed by atoms with E-state index in [1.807, 2.05) is 20.0 Å². The number of ketones is 1. The summed E-state index contributed by atoms with van der Waals surface area (Å²) in [6, 6.07) is 10.6. The molecule has 0 aliphatic rings. The molecule has 3 rings (SSSR count). The Hall–Kier alpha value is -3.15. The molecule has 1 aromatic heterocycles. The Labute approximate surface area is 157 Å². The minimum atomic E-state index is -0.518. The highest BCUT2D eigenvalue weighted by Gasteiger charge is 2.23. The number of phenolic OH excluding ortho intramolecular Hbond substituents is 1. The van der Waals surface area contributed by atoms with Gasteiger partial charge in [-0.1, -0.05) is 30.3 Å². The summed E-state index contributed by atoms with van der Waals surface area (Å²) in [6.45, 7) is 3.77. The minimum Gasteiger partial charge on any atom is -0.505 e. The Morgan fingerprint density at radius 2 is 1.93 bits per heavy atom. The van der Waals surface area contributed by atoms with Crippen molar-refractivity contribution in [3.63, 3.8) is 0 Å². The van der Waals surface area contributed by atoms with Crippen molar-refractivity contribution in [1.29, 1.82) is 0 Å². The van der Waals surface area contributed by atoms with Crippen LogP contribution in [0.15, 0.2) is 36.4 Å². The predicted molar refractivity (Wildman–Crippen MR) is 102 cm³/mol. The fourth-order valence-corrected chi connectivity index (χ4v) is 3.11. The molecule has 0 bridgehead atoms. The number of hydrogen-bond acceptors (Lipinski definition) is 5. The number of imidazole rings is 1. The van der Waals surface area contributed by atoms with Crippen LogP contribution in [0.2, 0.25) is 0 Å². The van der Waals surface area contributed by atoms with Gasteiger partial charge in [0.1, 0.15) is 17.1 Å². The van der Waals surface area contributed by atoms with Gasteiger partial charge >= 0.3 is 5.97 Å². The molecule has 2 aromatic carbocycles. The highest BCUT2D eigenvalue weighted by Crippen LogP contribution is 2.33. The summed E-state index contributed by atoms with van der Waals surface area (Å²) in [5.41, 5.74) is 2.33. The van der Waals surface area contributed by atoms with Crippen molar-refractivity contribution in [2.45, 2.75) is 26.7 Å². The third-order valence-corrected chi connectivity index (χ3v) is 4.67. The maximum Gasteiger partial charge on any atom is 0.338 e.